The van der Waals surface area contributed by atoms with Gasteiger partial charge in [-0.05, 0) is 49.2 Å². The zero-order valence-corrected chi connectivity index (χ0v) is 17.8. The molecular formula is C25H28N4O2. The fourth-order valence-corrected chi connectivity index (χ4v) is 4.94. The minimum Gasteiger partial charge on any atom is -0.497 e. The normalized spacial score (nSPS) is 19.8. The summed E-state index contributed by atoms with van der Waals surface area (Å²) in [7, 11) is 1.66. The van der Waals surface area contributed by atoms with Gasteiger partial charge < -0.3 is 14.6 Å². The second-order valence-corrected chi connectivity index (χ2v) is 8.28. The Kier molecular flexibility index (Phi) is 5.47. The van der Waals surface area contributed by atoms with Crippen LogP contribution in [0, 0.1) is 0 Å². The maximum atomic E-state index is 14.1. The molecular weight excluding hydrogens is 388 g/mol. The number of carbonyl (C=O) groups excluding carboxylic acids is 1. The van der Waals surface area contributed by atoms with Gasteiger partial charge in [-0.3, -0.25) is 9.69 Å². The maximum absolute atomic E-state index is 14.1. The van der Waals surface area contributed by atoms with Crippen LogP contribution in [-0.2, 0) is 11.2 Å². The van der Waals surface area contributed by atoms with Gasteiger partial charge in [-0.1, -0.05) is 42.5 Å². The van der Waals surface area contributed by atoms with Crippen molar-refractivity contribution in [1.29, 1.82) is 0 Å². The van der Waals surface area contributed by atoms with Gasteiger partial charge in [0.1, 0.15) is 17.8 Å². The van der Waals surface area contributed by atoms with Crippen molar-refractivity contribution in [3.63, 3.8) is 0 Å². The van der Waals surface area contributed by atoms with Gasteiger partial charge in [0.05, 0.1) is 19.1 Å². The predicted octanol–water partition coefficient (Wildman–Crippen LogP) is 3.73. The molecule has 0 saturated carbocycles. The molecule has 1 N–H and O–H groups in total. The summed E-state index contributed by atoms with van der Waals surface area (Å²) >= 11 is 0. The van der Waals surface area contributed by atoms with E-state index in [0.717, 1.165) is 60.6 Å². The lowest BCUT2D eigenvalue weighted by Crippen LogP contribution is -2.47. The number of hydrogen-bond donors (Lipinski definition) is 1. The minimum absolute atomic E-state index is 0.155. The molecule has 0 unspecified atom stereocenters. The third-order valence-electron chi connectivity index (χ3n) is 6.49. The van der Waals surface area contributed by atoms with Gasteiger partial charge in [0.2, 0.25) is 5.91 Å². The van der Waals surface area contributed by atoms with Gasteiger partial charge in [-0.15, -0.1) is 0 Å². The number of fused-ring (bicyclic) bond motifs is 1. The average molecular weight is 417 g/mol. The van der Waals surface area contributed by atoms with Crippen LogP contribution < -0.4 is 4.74 Å². The smallest absolute Gasteiger partial charge is 0.245 e. The molecule has 6 heteroatoms. The van der Waals surface area contributed by atoms with Crippen LogP contribution in [0.4, 0.5) is 0 Å². The van der Waals surface area contributed by atoms with Gasteiger partial charge in [0, 0.05) is 18.7 Å². The van der Waals surface area contributed by atoms with E-state index < -0.39 is 0 Å². The lowest BCUT2D eigenvalue weighted by molar-refractivity contribution is -0.139. The van der Waals surface area contributed by atoms with Crippen LogP contribution in [0.15, 0.2) is 60.9 Å². The van der Waals surface area contributed by atoms with E-state index in [1.807, 2.05) is 47.4 Å². The summed E-state index contributed by atoms with van der Waals surface area (Å²) in [5.41, 5.74) is 4.17. The third kappa shape index (κ3) is 3.72. The topological polar surface area (TPSA) is 61.5 Å². The predicted molar refractivity (Wildman–Crippen MR) is 119 cm³/mol. The number of carbonyl (C=O) groups is 1. The lowest BCUT2D eigenvalue weighted by Gasteiger charge is -2.39. The standard InChI is InChI=1S/C25H28N4O2/c1-31-20-11-9-19(10-12-20)23-22-21(26-17-27-22)13-16-29(23)25(30)24(28-14-5-6-15-28)18-7-3-2-4-8-18/h2-4,7-12,17,23-24H,5-6,13-16H2,1H3,(H,26,27)/t23-,24+/m1/s1. The van der Waals surface area contributed by atoms with Crippen molar-refractivity contribution in [1.82, 2.24) is 19.8 Å². The van der Waals surface area contributed by atoms with E-state index in [-0.39, 0.29) is 18.0 Å². The van der Waals surface area contributed by atoms with Crippen molar-refractivity contribution in [3.05, 3.63) is 83.4 Å². The Labute approximate surface area is 182 Å². The Bertz CT molecular complexity index is 1030. The zero-order valence-electron chi connectivity index (χ0n) is 17.8. The molecule has 3 aromatic rings. The molecule has 0 aliphatic carbocycles. The number of aromatic amines is 1. The molecule has 2 aliphatic rings. The van der Waals surface area contributed by atoms with Crippen molar-refractivity contribution in [2.45, 2.75) is 31.3 Å². The number of aromatic nitrogens is 2. The van der Waals surface area contributed by atoms with E-state index in [4.69, 9.17) is 4.74 Å². The number of H-pyrrole nitrogens is 1. The number of nitrogens with one attached hydrogen (secondary N) is 1. The summed E-state index contributed by atoms with van der Waals surface area (Å²) in [5, 5.41) is 0. The Morgan fingerprint density at radius 3 is 2.52 bits per heavy atom. The van der Waals surface area contributed by atoms with Crippen molar-refractivity contribution < 1.29 is 9.53 Å². The van der Waals surface area contributed by atoms with Crippen molar-refractivity contribution in [2.75, 3.05) is 26.7 Å². The molecule has 1 aromatic heterocycles. The van der Waals surface area contributed by atoms with E-state index in [2.05, 4.69) is 27.0 Å². The van der Waals surface area contributed by atoms with Gasteiger partial charge in [-0.2, -0.15) is 0 Å². The number of imidazole rings is 1. The van der Waals surface area contributed by atoms with Gasteiger partial charge in [0.15, 0.2) is 0 Å². The lowest BCUT2D eigenvalue weighted by atomic mass is 9.93. The van der Waals surface area contributed by atoms with Crippen LogP contribution in [0.25, 0.3) is 0 Å². The van der Waals surface area contributed by atoms with Crippen LogP contribution in [-0.4, -0.2) is 52.4 Å². The summed E-state index contributed by atoms with van der Waals surface area (Å²) in [6, 6.07) is 17.7. The summed E-state index contributed by atoms with van der Waals surface area (Å²) in [6.07, 6.45) is 4.81. The minimum atomic E-state index is -0.259. The molecule has 2 atom stereocenters. The molecule has 3 heterocycles. The fraction of sp³-hybridized carbons (Fsp3) is 0.360. The molecule has 0 spiro atoms. The van der Waals surface area contributed by atoms with Crippen LogP contribution in [0.2, 0.25) is 0 Å². The summed E-state index contributed by atoms with van der Waals surface area (Å²) in [5.74, 6) is 0.960. The number of benzene rings is 2. The summed E-state index contributed by atoms with van der Waals surface area (Å²) < 4.78 is 5.34. The highest BCUT2D eigenvalue weighted by Gasteiger charge is 2.39. The number of rotatable bonds is 5. The van der Waals surface area contributed by atoms with Crippen molar-refractivity contribution in [3.8, 4) is 5.75 Å². The van der Waals surface area contributed by atoms with E-state index in [1.54, 1.807) is 13.4 Å². The molecule has 31 heavy (non-hydrogen) atoms. The second-order valence-electron chi connectivity index (χ2n) is 8.28. The van der Waals surface area contributed by atoms with Gasteiger partial charge in [-0.25, -0.2) is 4.98 Å². The molecule has 2 aromatic carbocycles. The first-order valence-corrected chi connectivity index (χ1v) is 11.0. The van der Waals surface area contributed by atoms with E-state index in [1.165, 1.54) is 0 Å². The second kappa shape index (κ2) is 8.55. The van der Waals surface area contributed by atoms with Crippen LogP contribution in [0.5, 0.6) is 5.75 Å². The molecule has 1 fully saturated rings. The Hall–Kier alpha value is -3.12. The quantitative estimate of drug-likeness (QED) is 0.689. The van der Waals surface area contributed by atoms with E-state index in [0.29, 0.717) is 6.54 Å². The van der Waals surface area contributed by atoms with E-state index in [9.17, 15) is 4.79 Å². The highest BCUT2D eigenvalue weighted by atomic mass is 16.5. The average Bonchev–Trinajstić information content (AvgIpc) is 3.52. The van der Waals surface area contributed by atoms with Crippen LogP contribution in [0.1, 0.15) is 47.4 Å². The molecule has 6 nitrogen and oxygen atoms in total. The zero-order chi connectivity index (χ0) is 21.2. The molecule has 0 bridgehead atoms. The molecule has 0 radical (unpaired) electrons. The molecule has 2 aliphatic heterocycles. The Morgan fingerprint density at radius 1 is 1.06 bits per heavy atom. The summed E-state index contributed by atoms with van der Waals surface area (Å²) in [6.45, 7) is 2.59. The summed E-state index contributed by atoms with van der Waals surface area (Å²) in [4.78, 5) is 26.4. The number of hydrogen-bond acceptors (Lipinski definition) is 4. The fourth-order valence-electron chi connectivity index (χ4n) is 4.94. The first-order chi connectivity index (χ1) is 15.3. The van der Waals surface area contributed by atoms with Crippen LogP contribution >= 0.6 is 0 Å². The first-order valence-electron chi connectivity index (χ1n) is 11.0. The number of likely N-dealkylation sites (tertiary alicyclic amines) is 1. The highest BCUT2D eigenvalue weighted by Crippen LogP contribution is 2.37. The number of ether oxygens (including phenoxy) is 1. The first kappa shape index (κ1) is 19.8. The third-order valence-corrected chi connectivity index (χ3v) is 6.49. The van der Waals surface area contributed by atoms with Gasteiger partial charge >= 0.3 is 0 Å². The number of nitrogens with zero attached hydrogens (tertiary/aromatic N) is 3. The highest BCUT2D eigenvalue weighted by molar-refractivity contribution is 5.84. The van der Waals surface area contributed by atoms with Crippen molar-refractivity contribution in [2.24, 2.45) is 0 Å². The molecule has 5 rings (SSSR count). The Morgan fingerprint density at radius 2 is 1.81 bits per heavy atom. The van der Waals surface area contributed by atoms with Crippen LogP contribution in [0.3, 0.4) is 0 Å². The Balaban J connectivity index is 1.54. The largest absolute Gasteiger partial charge is 0.497 e. The number of methoxy groups -OCH3 is 1. The maximum Gasteiger partial charge on any atom is 0.245 e. The van der Waals surface area contributed by atoms with Gasteiger partial charge in [0.25, 0.3) is 0 Å². The monoisotopic (exact) mass is 416 g/mol. The van der Waals surface area contributed by atoms with Crippen molar-refractivity contribution >= 4 is 5.91 Å². The van der Waals surface area contributed by atoms with E-state index >= 15 is 0 Å². The molecule has 1 saturated heterocycles. The molecule has 160 valence electrons. The SMILES string of the molecule is COc1ccc([C@@H]2c3nc[nH]c3CCN2C(=O)[C@H](c2ccccc2)N2CCCC2)cc1. The number of amides is 1. The molecule has 1 amide bonds.